The molecule has 1 N–H and O–H groups in total. The lowest BCUT2D eigenvalue weighted by Gasteiger charge is -2.11. The summed E-state index contributed by atoms with van der Waals surface area (Å²) in [6, 6.07) is 9.91. The van der Waals surface area contributed by atoms with E-state index < -0.39 is 17.7 Å². The zero-order valence-corrected chi connectivity index (χ0v) is 13.4. The number of benzene rings is 2. The number of rotatable bonds is 3. The number of hydrogen-bond acceptors (Lipinski definition) is 4. The predicted molar refractivity (Wildman–Crippen MR) is 86.8 cm³/mol. The Balaban J connectivity index is 2.03. The molecule has 0 aliphatic rings. The van der Waals surface area contributed by atoms with Crippen molar-refractivity contribution >= 4 is 28.2 Å². The average molecular weight is 349 g/mol. The number of methoxy groups -OCH3 is 1. The van der Waals surface area contributed by atoms with Crippen LogP contribution >= 0.6 is 0 Å². The van der Waals surface area contributed by atoms with Gasteiger partial charge in [-0.2, -0.15) is 18.3 Å². The Bertz CT molecular complexity index is 931. The molecule has 1 heterocycles. The summed E-state index contributed by atoms with van der Waals surface area (Å²) in [4.78, 5) is 11.9. The Morgan fingerprint density at radius 3 is 2.44 bits per heavy atom. The molecule has 3 aromatic rings. The summed E-state index contributed by atoms with van der Waals surface area (Å²) in [7, 11) is 2.95. The number of aromatic nitrogens is 2. The molecule has 0 fully saturated rings. The third-order valence-electron chi connectivity index (χ3n) is 3.75. The Morgan fingerprint density at radius 2 is 1.84 bits per heavy atom. The highest BCUT2D eigenvalue weighted by atomic mass is 19.4. The molecule has 130 valence electrons. The van der Waals surface area contributed by atoms with E-state index in [4.69, 9.17) is 4.74 Å². The van der Waals surface area contributed by atoms with Gasteiger partial charge in [-0.25, -0.2) is 4.79 Å². The van der Waals surface area contributed by atoms with Gasteiger partial charge < -0.3 is 10.1 Å². The van der Waals surface area contributed by atoms with Crippen LogP contribution in [0.3, 0.4) is 0 Å². The minimum Gasteiger partial charge on any atom is -0.464 e. The van der Waals surface area contributed by atoms with Crippen LogP contribution in [-0.2, 0) is 18.0 Å². The molecule has 0 aliphatic heterocycles. The van der Waals surface area contributed by atoms with Crippen molar-refractivity contribution in [1.29, 1.82) is 0 Å². The monoisotopic (exact) mass is 349 g/mol. The Morgan fingerprint density at radius 1 is 1.16 bits per heavy atom. The van der Waals surface area contributed by atoms with E-state index in [-0.39, 0.29) is 5.69 Å². The van der Waals surface area contributed by atoms with Crippen LogP contribution in [-0.4, -0.2) is 22.9 Å². The number of ether oxygens (including phenoxy) is 1. The number of aryl methyl sites for hydroxylation is 1. The number of fused-ring (bicyclic) bond motifs is 1. The van der Waals surface area contributed by atoms with Gasteiger partial charge in [-0.1, -0.05) is 6.07 Å². The van der Waals surface area contributed by atoms with Gasteiger partial charge in [0.25, 0.3) is 0 Å². The maximum absolute atomic E-state index is 12.7. The number of carbonyl (C=O) groups is 1. The second kappa shape index (κ2) is 6.12. The van der Waals surface area contributed by atoms with Gasteiger partial charge >= 0.3 is 12.1 Å². The van der Waals surface area contributed by atoms with Crippen molar-refractivity contribution in [3.63, 3.8) is 0 Å². The van der Waals surface area contributed by atoms with Gasteiger partial charge in [-0.05, 0) is 36.4 Å². The van der Waals surface area contributed by atoms with Crippen LogP contribution in [0.25, 0.3) is 10.9 Å². The average Bonchev–Trinajstić information content (AvgIpc) is 2.92. The van der Waals surface area contributed by atoms with Crippen LogP contribution in [0.4, 0.5) is 24.5 Å². The van der Waals surface area contributed by atoms with Crippen molar-refractivity contribution in [1.82, 2.24) is 9.78 Å². The quantitative estimate of drug-likeness (QED) is 0.723. The molecule has 3 rings (SSSR count). The molecular formula is C17H14F3N3O2. The number of nitrogens with zero attached hydrogens (tertiary/aromatic N) is 2. The summed E-state index contributed by atoms with van der Waals surface area (Å²) in [6.07, 6.45) is -4.39. The molecule has 0 saturated carbocycles. The highest BCUT2D eigenvalue weighted by Gasteiger charge is 2.30. The number of alkyl halides is 3. The van der Waals surface area contributed by atoms with Crippen LogP contribution in [0.15, 0.2) is 42.5 Å². The first kappa shape index (κ1) is 16.8. The normalized spacial score (nSPS) is 11.6. The molecule has 0 spiro atoms. The first-order valence-electron chi connectivity index (χ1n) is 7.29. The second-order valence-corrected chi connectivity index (χ2v) is 5.36. The lowest BCUT2D eigenvalue weighted by Crippen LogP contribution is -2.05. The molecule has 0 amide bonds. The van der Waals surface area contributed by atoms with E-state index in [2.05, 4.69) is 10.4 Å². The van der Waals surface area contributed by atoms with E-state index in [0.717, 1.165) is 12.1 Å². The molecule has 2 aromatic carbocycles. The van der Waals surface area contributed by atoms with Crippen molar-refractivity contribution in [2.45, 2.75) is 6.18 Å². The van der Waals surface area contributed by atoms with Crippen molar-refractivity contribution in [3.8, 4) is 0 Å². The van der Waals surface area contributed by atoms with Crippen LogP contribution in [0.2, 0.25) is 0 Å². The Labute approximate surface area is 141 Å². The topological polar surface area (TPSA) is 56.1 Å². The molecule has 0 bridgehead atoms. The molecule has 0 saturated heterocycles. The molecule has 5 nitrogen and oxygen atoms in total. The maximum atomic E-state index is 12.7. The summed E-state index contributed by atoms with van der Waals surface area (Å²) in [5, 5.41) is 7.73. The molecule has 25 heavy (non-hydrogen) atoms. The predicted octanol–water partition coefficient (Wildman–Crippen LogP) is 4.12. The lowest BCUT2D eigenvalue weighted by atomic mass is 10.1. The van der Waals surface area contributed by atoms with Gasteiger partial charge in [0, 0.05) is 12.7 Å². The lowest BCUT2D eigenvalue weighted by molar-refractivity contribution is -0.137. The summed E-state index contributed by atoms with van der Waals surface area (Å²) in [5.74, 6) is -0.590. The number of hydrogen-bond donors (Lipinski definition) is 1. The van der Waals surface area contributed by atoms with E-state index in [1.54, 1.807) is 29.9 Å². The minimum absolute atomic E-state index is 0.134. The second-order valence-electron chi connectivity index (χ2n) is 5.36. The molecule has 8 heteroatoms. The van der Waals surface area contributed by atoms with E-state index in [1.807, 2.05) is 0 Å². The summed E-state index contributed by atoms with van der Waals surface area (Å²) >= 11 is 0. The van der Waals surface area contributed by atoms with Gasteiger partial charge in [0.05, 0.1) is 29.3 Å². The molecule has 0 radical (unpaired) electrons. The fraction of sp³-hybridized carbons (Fsp3) is 0.176. The fourth-order valence-electron chi connectivity index (χ4n) is 2.55. The molecule has 1 aromatic heterocycles. The SMILES string of the molecule is COC(=O)c1nn(C)c2cccc(Nc3ccc(C(F)(F)F)cc3)c12. The summed E-state index contributed by atoms with van der Waals surface area (Å²) < 4.78 is 44.3. The molecular weight excluding hydrogens is 335 g/mol. The van der Waals surface area contributed by atoms with Crippen molar-refractivity contribution in [2.24, 2.45) is 7.05 Å². The van der Waals surface area contributed by atoms with E-state index in [0.29, 0.717) is 22.3 Å². The molecule has 0 atom stereocenters. The van der Waals surface area contributed by atoms with Gasteiger partial charge in [-0.3, -0.25) is 4.68 Å². The Hall–Kier alpha value is -3.03. The third-order valence-corrected chi connectivity index (χ3v) is 3.75. The number of carbonyl (C=O) groups excluding carboxylic acids is 1. The smallest absolute Gasteiger partial charge is 0.416 e. The zero-order valence-electron chi connectivity index (χ0n) is 13.4. The van der Waals surface area contributed by atoms with E-state index in [1.165, 1.54) is 19.2 Å². The number of anilines is 2. The van der Waals surface area contributed by atoms with Crippen LogP contribution in [0.5, 0.6) is 0 Å². The standard InChI is InChI=1S/C17H14F3N3O2/c1-23-13-5-3-4-12(14(13)15(22-23)16(24)25-2)21-11-8-6-10(7-9-11)17(18,19)20/h3-9,21H,1-2H3. The molecule has 0 unspecified atom stereocenters. The minimum atomic E-state index is -4.39. The first-order valence-corrected chi connectivity index (χ1v) is 7.29. The number of esters is 1. The van der Waals surface area contributed by atoms with Crippen LogP contribution in [0.1, 0.15) is 16.1 Å². The zero-order chi connectivity index (χ0) is 18.2. The Kier molecular flexibility index (Phi) is 4.12. The maximum Gasteiger partial charge on any atom is 0.416 e. The van der Waals surface area contributed by atoms with Gasteiger partial charge in [0.1, 0.15) is 0 Å². The summed E-state index contributed by atoms with van der Waals surface area (Å²) in [6.45, 7) is 0. The van der Waals surface area contributed by atoms with Crippen molar-refractivity contribution < 1.29 is 22.7 Å². The first-order chi connectivity index (χ1) is 11.8. The summed E-state index contributed by atoms with van der Waals surface area (Å²) in [5.41, 5.74) is 1.10. The highest BCUT2D eigenvalue weighted by Crippen LogP contribution is 2.32. The van der Waals surface area contributed by atoms with Crippen molar-refractivity contribution in [3.05, 3.63) is 53.7 Å². The number of halogens is 3. The van der Waals surface area contributed by atoms with Gasteiger partial charge in [0.2, 0.25) is 0 Å². The van der Waals surface area contributed by atoms with E-state index in [9.17, 15) is 18.0 Å². The number of nitrogens with one attached hydrogen (secondary N) is 1. The van der Waals surface area contributed by atoms with E-state index >= 15 is 0 Å². The highest BCUT2D eigenvalue weighted by molar-refractivity contribution is 6.08. The fourth-order valence-corrected chi connectivity index (χ4v) is 2.55. The third kappa shape index (κ3) is 3.15. The van der Waals surface area contributed by atoms with Gasteiger partial charge in [-0.15, -0.1) is 0 Å². The van der Waals surface area contributed by atoms with Crippen molar-refractivity contribution in [2.75, 3.05) is 12.4 Å². The molecule has 0 aliphatic carbocycles. The van der Waals surface area contributed by atoms with Crippen LogP contribution in [0, 0.1) is 0 Å². The van der Waals surface area contributed by atoms with Crippen LogP contribution < -0.4 is 5.32 Å². The van der Waals surface area contributed by atoms with Gasteiger partial charge in [0.15, 0.2) is 5.69 Å². The largest absolute Gasteiger partial charge is 0.464 e.